The van der Waals surface area contributed by atoms with Crippen molar-refractivity contribution in [2.75, 3.05) is 26.4 Å². The average molecular weight is 361 g/mol. The Labute approximate surface area is 159 Å². The molecule has 2 aromatic rings. The summed E-state index contributed by atoms with van der Waals surface area (Å²) in [5.74, 6) is 2.91. The van der Waals surface area contributed by atoms with Crippen LogP contribution in [0.4, 0.5) is 4.79 Å². The maximum Gasteiger partial charge on any atom is 0.407 e. The van der Waals surface area contributed by atoms with Crippen LogP contribution >= 0.6 is 0 Å². The van der Waals surface area contributed by atoms with Gasteiger partial charge in [-0.3, -0.25) is 0 Å². The Morgan fingerprint density at radius 1 is 1.11 bits per heavy atom. The van der Waals surface area contributed by atoms with Crippen molar-refractivity contribution in [2.45, 2.75) is 18.8 Å². The summed E-state index contributed by atoms with van der Waals surface area (Å²) in [4.78, 5) is 12.3. The molecule has 27 heavy (non-hydrogen) atoms. The van der Waals surface area contributed by atoms with Crippen LogP contribution in [0.1, 0.15) is 29.9 Å². The van der Waals surface area contributed by atoms with Crippen molar-refractivity contribution in [1.82, 2.24) is 5.32 Å². The van der Waals surface area contributed by atoms with Crippen LogP contribution < -0.4 is 5.32 Å². The maximum absolute atomic E-state index is 12.3. The number of nitrogens with one attached hydrogen (secondary N) is 1. The molecule has 1 heterocycles. The molecule has 2 aliphatic rings. The van der Waals surface area contributed by atoms with E-state index in [4.69, 9.17) is 15.9 Å². The molecular weight excluding hydrogens is 338 g/mol. The molecule has 138 valence electrons. The molecule has 1 saturated heterocycles. The van der Waals surface area contributed by atoms with Crippen LogP contribution in [0.15, 0.2) is 48.5 Å². The van der Waals surface area contributed by atoms with Crippen molar-refractivity contribution in [3.63, 3.8) is 0 Å². The van der Waals surface area contributed by atoms with Crippen molar-refractivity contribution in [2.24, 2.45) is 5.41 Å². The molecule has 1 N–H and O–H groups in total. The van der Waals surface area contributed by atoms with E-state index < -0.39 is 6.09 Å². The first-order valence-electron chi connectivity index (χ1n) is 9.37. The van der Waals surface area contributed by atoms with Crippen LogP contribution in [0.5, 0.6) is 0 Å². The van der Waals surface area contributed by atoms with Gasteiger partial charge in [-0.25, -0.2) is 4.79 Å². The standard InChI is InChI=1S/C23H23NO3/c1-2-23(11-13-26-14-12-23)16-24-22(25)27-15-21-19-9-5-3-7-17(19)18-8-4-6-10-20(18)21/h1,3-10,21H,11-16H2,(H,24,25). The summed E-state index contributed by atoms with van der Waals surface area (Å²) >= 11 is 0. The van der Waals surface area contributed by atoms with E-state index in [2.05, 4.69) is 35.5 Å². The second kappa shape index (κ2) is 7.46. The maximum atomic E-state index is 12.3. The molecule has 4 rings (SSSR count). The zero-order valence-electron chi connectivity index (χ0n) is 15.2. The minimum Gasteiger partial charge on any atom is -0.449 e. The van der Waals surface area contributed by atoms with Crippen LogP contribution in [-0.4, -0.2) is 32.5 Å². The molecular formula is C23H23NO3. The largest absolute Gasteiger partial charge is 0.449 e. The summed E-state index contributed by atoms with van der Waals surface area (Å²) in [7, 11) is 0. The number of amides is 1. The molecule has 0 bridgehead atoms. The number of fused-ring (bicyclic) bond motifs is 3. The quantitative estimate of drug-likeness (QED) is 0.839. The lowest BCUT2D eigenvalue weighted by Gasteiger charge is -2.32. The molecule has 0 atom stereocenters. The third-order valence-electron chi connectivity index (χ3n) is 5.67. The molecule has 1 fully saturated rings. The van der Waals surface area contributed by atoms with Crippen molar-refractivity contribution < 1.29 is 14.3 Å². The first kappa shape index (κ1) is 17.6. The van der Waals surface area contributed by atoms with Gasteiger partial charge in [-0.05, 0) is 35.1 Å². The Morgan fingerprint density at radius 2 is 1.70 bits per heavy atom. The predicted octanol–water partition coefficient (Wildman–Crippen LogP) is 3.96. The lowest BCUT2D eigenvalue weighted by atomic mass is 9.81. The molecule has 0 aromatic heterocycles. The lowest BCUT2D eigenvalue weighted by molar-refractivity contribution is 0.0405. The van der Waals surface area contributed by atoms with Crippen molar-refractivity contribution >= 4 is 6.09 Å². The fraction of sp³-hybridized carbons (Fsp3) is 0.348. The highest BCUT2D eigenvalue weighted by atomic mass is 16.5. The van der Waals surface area contributed by atoms with E-state index in [1.165, 1.54) is 22.3 Å². The van der Waals surface area contributed by atoms with Crippen LogP contribution in [0.25, 0.3) is 11.1 Å². The normalized spacial score (nSPS) is 17.4. The van der Waals surface area contributed by atoms with Gasteiger partial charge in [-0.15, -0.1) is 6.42 Å². The smallest absolute Gasteiger partial charge is 0.407 e. The van der Waals surface area contributed by atoms with Gasteiger partial charge in [0.1, 0.15) is 6.61 Å². The van der Waals surface area contributed by atoms with Crippen LogP contribution in [0, 0.1) is 17.8 Å². The fourth-order valence-electron chi connectivity index (χ4n) is 4.03. The first-order chi connectivity index (χ1) is 13.2. The highest BCUT2D eigenvalue weighted by Crippen LogP contribution is 2.44. The summed E-state index contributed by atoms with van der Waals surface area (Å²) < 4.78 is 10.9. The summed E-state index contributed by atoms with van der Waals surface area (Å²) in [6.07, 6.45) is 6.80. The van der Waals surface area contributed by atoms with Crippen LogP contribution in [0.2, 0.25) is 0 Å². The van der Waals surface area contributed by atoms with Gasteiger partial charge in [-0.1, -0.05) is 54.5 Å². The summed E-state index contributed by atoms with van der Waals surface area (Å²) in [5, 5.41) is 2.86. The third-order valence-corrected chi connectivity index (χ3v) is 5.67. The summed E-state index contributed by atoms with van der Waals surface area (Å²) in [6.45, 7) is 2.00. The topological polar surface area (TPSA) is 47.6 Å². The van der Waals surface area contributed by atoms with E-state index >= 15 is 0 Å². The number of hydrogen-bond acceptors (Lipinski definition) is 3. The molecule has 4 heteroatoms. The molecule has 1 amide bonds. The van der Waals surface area contributed by atoms with E-state index in [-0.39, 0.29) is 11.3 Å². The Bertz CT molecular complexity index is 832. The minimum atomic E-state index is -0.419. The average Bonchev–Trinajstić information content (AvgIpc) is 3.05. The van der Waals surface area contributed by atoms with Gasteiger partial charge >= 0.3 is 6.09 Å². The molecule has 0 radical (unpaired) electrons. The molecule has 0 spiro atoms. The van der Waals surface area contributed by atoms with Crippen LogP contribution in [-0.2, 0) is 9.47 Å². The molecule has 0 saturated carbocycles. The number of ether oxygens (including phenoxy) is 2. The van der Waals surface area contributed by atoms with Gasteiger partial charge in [0.05, 0.1) is 5.41 Å². The number of terminal acetylenes is 1. The molecule has 1 aliphatic heterocycles. The lowest BCUT2D eigenvalue weighted by Crippen LogP contribution is -2.40. The van der Waals surface area contributed by atoms with Crippen molar-refractivity contribution in [3.05, 3.63) is 59.7 Å². The number of rotatable bonds is 4. The van der Waals surface area contributed by atoms with Gasteiger partial charge < -0.3 is 14.8 Å². The molecule has 1 aliphatic carbocycles. The number of carbonyl (C=O) groups excluding carboxylic acids is 1. The van der Waals surface area contributed by atoms with E-state index in [1.807, 2.05) is 24.3 Å². The number of benzene rings is 2. The zero-order chi connectivity index (χ0) is 18.7. The van der Waals surface area contributed by atoms with Gasteiger partial charge in [0.2, 0.25) is 0 Å². The zero-order valence-corrected chi connectivity index (χ0v) is 15.2. The first-order valence-corrected chi connectivity index (χ1v) is 9.37. The van der Waals surface area contributed by atoms with Crippen molar-refractivity contribution in [1.29, 1.82) is 0 Å². The number of carbonyl (C=O) groups is 1. The highest BCUT2D eigenvalue weighted by molar-refractivity contribution is 5.79. The molecule has 4 nitrogen and oxygen atoms in total. The third kappa shape index (κ3) is 3.43. The molecule has 2 aromatic carbocycles. The Hall–Kier alpha value is -2.77. The minimum absolute atomic E-state index is 0.0628. The van der Waals surface area contributed by atoms with E-state index in [0.29, 0.717) is 26.4 Å². The summed E-state index contributed by atoms with van der Waals surface area (Å²) in [6, 6.07) is 16.6. The van der Waals surface area contributed by atoms with Crippen LogP contribution in [0.3, 0.4) is 0 Å². The van der Waals surface area contributed by atoms with Gasteiger partial charge in [0, 0.05) is 25.7 Å². The number of hydrogen-bond donors (Lipinski definition) is 1. The highest BCUT2D eigenvalue weighted by Gasteiger charge is 2.32. The van der Waals surface area contributed by atoms with Gasteiger partial charge in [-0.2, -0.15) is 0 Å². The monoisotopic (exact) mass is 361 g/mol. The second-order valence-corrected chi connectivity index (χ2v) is 7.22. The van der Waals surface area contributed by atoms with Gasteiger partial charge in [0.15, 0.2) is 0 Å². The Kier molecular flexibility index (Phi) is 4.87. The van der Waals surface area contributed by atoms with E-state index in [1.54, 1.807) is 0 Å². The Morgan fingerprint density at radius 3 is 2.30 bits per heavy atom. The fourth-order valence-corrected chi connectivity index (χ4v) is 4.03. The molecule has 0 unspecified atom stereocenters. The summed E-state index contributed by atoms with van der Waals surface area (Å²) in [5.41, 5.74) is 4.52. The number of alkyl carbamates (subject to hydrolysis) is 1. The van der Waals surface area contributed by atoms with Gasteiger partial charge in [0.25, 0.3) is 0 Å². The van der Waals surface area contributed by atoms with E-state index in [0.717, 1.165) is 12.8 Å². The Balaban J connectivity index is 1.40. The van der Waals surface area contributed by atoms with Crippen molar-refractivity contribution in [3.8, 4) is 23.5 Å². The second-order valence-electron chi connectivity index (χ2n) is 7.22. The van der Waals surface area contributed by atoms with E-state index in [9.17, 15) is 4.79 Å². The SMILES string of the molecule is C#CC1(CNC(=O)OCC2c3ccccc3-c3ccccc32)CCOCC1. The predicted molar refractivity (Wildman–Crippen MR) is 104 cm³/mol.